The molecule has 4 nitrogen and oxygen atoms in total. The first-order chi connectivity index (χ1) is 15.5. The molecule has 0 spiro atoms. The molecule has 0 heterocycles. The van der Waals surface area contributed by atoms with E-state index in [1.54, 1.807) is 6.08 Å². The SMILES string of the molecule is CCCCNC(=S)/C=C(\O)c1ccccc1.CCCCNC(=S)CC(=O)c1ccccc1. The van der Waals surface area contributed by atoms with E-state index < -0.39 is 0 Å². The molecule has 0 radical (unpaired) electrons. The number of carbonyl (C=O) groups is 1. The van der Waals surface area contributed by atoms with E-state index in [1.807, 2.05) is 60.7 Å². The van der Waals surface area contributed by atoms with Gasteiger partial charge in [0, 0.05) is 30.3 Å². The number of Topliss-reactive ketones (excluding diaryl/α,β-unsaturated/α-hetero) is 1. The number of thiocarbonyl (C=S) groups is 2. The van der Waals surface area contributed by atoms with Crippen molar-refractivity contribution in [3.05, 3.63) is 77.9 Å². The molecule has 2 aromatic carbocycles. The Morgan fingerprint density at radius 1 is 0.844 bits per heavy atom. The molecular formula is C26H34N2O2S2. The Bertz CT molecular complexity index is 853. The Balaban J connectivity index is 0.000000320. The second-order valence-electron chi connectivity index (χ2n) is 7.21. The van der Waals surface area contributed by atoms with Gasteiger partial charge in [-0.2, -0.15) is 0 Å². The molecule has 172 valence electrons. The van der Waals surface area contributed by atoms with Gasteiger partial charge in [-0.15, -0.1) is 0 Å². The van der Waals surface area contributed by atoms with Crippen molar-refractivity contribution >= 4 is 46.0 Å². The molecule has 0 amide bonds. The first-order valence-electron chi connectivity index (χ1n) is 11.1. The van der Waals surface area contributed by atoms with Crippen LogP contribution >= 0.6 is 24.4 Å². The Morgan fingerprint density at radius 3 is 1.88 bits per heavy atom. The fourth-order valence-electron chi connectivity index (χ4n) is 2.59. The Morgan fingerprint density at radius 2 is 1.34 bits per heavy atom. The van der Waals surface area contributed by atoms with Crippen LogP contribution in [-0.2, 0) is 0 Å². The molecular weight excluding hydrogens is 436 g/mol. The summed E-state index contributed by atoms with van der Waals surface area (Å²) in [5.41, 5.74) is 1.50. The number of rotatable bonds is 11. The molecule has 0 fully saturated rings. The van der Waals surface area contributed by atoms with Crippen molar-refractivity contribution in [2.75, 3.05) is 13.1 Å². The van der Waals surface area contributed by atoms with Gasteiger partial charge in [-0.25, -0.2) is 0 Å². The summed E-state index contributed by atoms with van der Waals surface area (Å²) in [6.07, 6.45) is 6.31. The summed E-state index contributed by atoms with van der Waals surface area (Å²) < 4.78 is 0. The number of hydrogen-bond donors (Lipinski definition) is 3. The third-order valence-electron chi connectivity index (χ3n) is 4.44. The minimum absolute atomic E-state index is 0.0783. The predicted octanol–water partition coefficient (Wildman–Crippen LogP) is 6.28. The van der Waals surface area contributed by atoms with E-state index in [4.69, 9.17) is 24.4 Å². The first-order valence-corrected chi connectivity index (χ1v) is 11.9. The molecule has 2 rings (SSSR count). The predicted molar refractivity (Wildman–Crippen MR) is 143 cm³/mol. The number of unbranched alkanes of at least 4 members (excludes halogenated alkanes) is 2. The van der Waals surface area contributed by atoms with Crippen LogP contribution in [0.4, 0.5) is 0 Å². The van der Waals surface area contributed by atoms with Crippen LogP contribution in [0.1, 0.15) is 61.9 Å². The third-order valence-corrected chi connectivity index (χ3v) is 4.99. The number of hydrogen-bond acceptors (Lipinski definition) is 4. The molecule has 0 aliphatic carbocycles. The minimum atomic E-state index is 0.0783. The van der Waals surface area contributed by atoms with Gasteiger partial charge < -0.3 is 15.7 Å². The number of nitrogens with one attached hydrogen (secondary N) is 2. The highest BCUT2D eigenvalue weighted by Gasteiger charge is 2.07. The molecule has 0 unspecified atom stereocenters. The highest BCUT2D eigenvalue weighted by molar-refractivity contribution is 7.80. The number of benzene rings is 2. The van der Waals surface area contributed by atoms with E-state index in [0.29, 0.717) is 16.4 Å². The van der Waals surface area contributed by atoms with Gasteiger partial charge >= 0.3 is 0 Å². The van der Waals surface area contributed by atoms with Gasteiger partial charge in [-0.3, -0.25) is 4.79 Å². The first kappa shape index (κ1) is 27.5. The van der Waals surface area contributed by atoms with Crippen LogP contribution < -0.4 is 10.6 Å². The molecule has 3 N–H and O–H groups in total. The van der Waals surface area contributed by atoms with Crippen molar-refractivity contribution in [3.63, 3.8) is 0 Å². The highest BCUT2D eigenvalue weighted by atomic mass is 32.1. The lowest BCUT2D eigenvalue weighted by molar-refractivity contribution is 0.100. The normalized spacial score (nSPS) is 10.5. The molecule has 0 bridgehead atoms. The van der Waals surface area contributed by atoms with Gasteiger partial charge in [0.15, 0.2) is 5.78 Å². The number of aliphatic hydroxyl groups is 1. The van der Waals surface area contributed by atoms with E-state index in [2.05, 4.69) is 24.5 Å². The summed E-state index contributed by atoms with van der Waals surface area (Å²) in [5, 5.41) is 16.0. The van der Waals surface area contributed by atoms with E-state index in [9.17, 15) is 9.90 Å². The summed E-state index contributed by atoms with van der Waals surface area (Å²) in [6, 6.07) is 18.6. The van der Waals surface area contributed by atoms with Crippen molar-refractivity contribution in [3.8, 4) is 0 Å². The summed E-state index contributed by atoms with van der Waals surface area (Å²) >= 11 is 10.2. The maximum absolute atomic E-state index is 11.8. The van der Waals surface area contributed by atoms with E-state index >= 15 is 0 Å². The van der Waals surface area contributed by atoms with Crippen molar-refractivity contribution in [1.82, 2.24) is 10.6 Å². The fourth-order valence-corrected chi connectivity index (χ4v) is 3.04. The molecule has 2 aromatic rings. The van der Waals surface area contributed by atoms with Crippen LogP contribution in [0, 0.1) is 0 Å². The van der Waals surface area contributed by atoms with Gasteiger partial charge in [-0.05, 0) is 12.8 Å². The van der Waals surface area contributed by atoms with Crippen molar-refractivity contribution in [2.24, 2.45) is 0 Å². The van der Waals surface area contributed by atoms with Crippen molar-refractivity contribution in [1.29, 1.82) is 0 Å². The average molecular weight is 471 g/mol. The maximum Gasteiger partial charge on any atom is 0.169 e. The average Bonchev–Trinajstić information content (AvgIpc) is 2.81. The third kappa shape index (κ3) is 12.3. The second kappa shape index (κ2) is 17.0. The monoisotopic (exact) mass is 470 g/mol. The zero-order valence-corrected chi connectivity index (χ0v) is 20.6. The second-order valence-corrected chi connectivity index (χ2v) is 8.14. The maximum atomic E-state index is 11.8. The van der Waals surface area contributed by atoms with Crippen molar-refractivity contribution in [2.45, 2.75) is 46.0 Å². The summed E-state index contributed by atoms with van der Waals surface area (Å²) in [5.74, 6) is 0.282. The Kier molecular flexibility index (Phi) is 14.6. The van der Waals surface area contributed by atoms with Gasteiger partial charge in [0.1, 0.15) is 10.7 Å². The summed E-state index contributed by atoms with van der Waals surface area (Å²) in [4.78, 5) is 13.0. The number of aliphatic hydroxyl groups excluding tert-OH is 1. The van der Waals surface area contributed by atoms with Gasteiger partial charge in [-0.1, -0.05) is 112 Å². The van der Waals surface area contributed by atoms with Crippen LogP contribution in [-0.4, -0.2) is 34.0 Å². The number of carbonyl (C=O) groups excluding carboxylic acids is 1. The zero-order valence-electron chi connectivity index (χ0n) is 19.0. The molecule has 0 saturated carbocycles. The van der Waals surface area contributed by atoms with Crippen LogP contribution in [0.5, 0.6) is 0 Å². The molecule has 0 aliphatic heterocycles. The van der Waals surface area contributed by atoms with Gasteiger partial charge in [0.05, 0.1) is 11.4 Å². The van der Waals surface area contributed by atoms with Crippen LogP contribution in [0.2, 0.25) is 0 Å². The molecule has 32 heavy (non-hydrogen) atoms. The molecule has 6 heteroatoms. The van der Waals surface area contributed by atoms with Gasteiger partial charge in [0.2, 0.25) is 0 Å². The fraction of sp³-hybridized carbons (Fsp3) is 0.346. The highest BCUT2D eigenvalue weighted by Crippen LogP contribution is 2.09. The molecule has 0 aliphatic rings. The largest absolute Gasteiger partial charge is 0.507 e. The lowest BCUT2D eigenvalue weighted by Crippen LogP contribution is -2.24. The molecule has 0 saturated heterocycles. The molecule has 0 aromatic heterocycles. The lowest BCUT2D eigenvalue weighted by Gasteiger charge is -2.06. The smallest absolute Gasteiger partial charge is 0.169 e. The van der Waals surface area contributed by atoms with E-state index in [0.717, 1.165) is 49.9 Å². The van der Waals surface area contributed by atoms with Gasteiger partial charge in [0.25, 0.3) is 0 Å². The van der Waals surface area contributed by atoms with Crippen LogP contribution in [0.15, 0.2) is 66.7 Å². The zero-order chi connectivity index (χ0) is 23.6. The van der Waals surface area contributed by atoms with E-state index in [1.165, 1.54) is 0 Å². The minimum Gasteiger partial charge on any atom is -0.507 e. The van der Waals surface area contributed by atoms with E-state index in [-0.39, 0.29) is 11.5 Å². The number of ketones is 1. The summed E-state index contributed by atoms with van der Waals surface area (Å²) in [6.45, 7) is 5.97. The van der Waals surface area contributed by atoms with Crippen molar-refractivity contribution < 1.29 is 9.90 Å². The Hall–Kier alpha value is -2.57. The van der Waals surface area contributed by atoms with Crippen LogP contribution in [0.25, 0.3) is 5.76 Å². The standard InChI is InChI=1S/2C13H17NOS/c2*1-2-3-9-14-13(16)10-12(15)11-7-5-4-6-8-11/h4-8H,2-3,9-10H2,1H3,(H,14,16);4-8,10,15H,2-3,9H2,1H3,(H,14,16)/b;12-10-. The summed E-state index contributed by atoms with van der Waals surface area (Å²) in [7, 11) is 0. The molecule has 0 atom stereocenters. The van der Waals surface area contributed by atoms with Crippen LogP contribution in [0.3, 0.4) is 0 Å². The quantitative estimate of drug-likeness (QED) is 0.118. The lowest BCUT2D eigenvalue weighted by atomic mass is 10.1. The topological polar surface area (TPSA) is 61.4 Å². The Labute approximate surface area is 203 Å².